The summed E-state index contributed by atoms with van der Waals surface area (Å²) in [6.45, 7) is 2.17. The van der Waals surface area contributed by atoms with Crippen molar-refractivity contribution in [1.82, 2.24) is 4.98 Å². The van der Waals surface area contributed by atoms with Crippen LogP contribution in [0.25, 0.3) is 0 Å². The number of aromatic nitrogens is 1. The van der Waals surface area contributed by atoms with Crippen molar-refractivity contribution in [2.45, 2.75) is 25.1 Å². The van der Waals surface area contributed by atoms with Gasteiger partial charge in [-0.2, -0.15) is 0 Å². The van der Waals surface area contributed by atoms with E-state index in [9.17, 15) is 0 Å². The highest BCUT2D eigenvalue weighted by Gasteiger charge is 2.13. The van der Waals surface area contributed by atoms with Gasteiger partial charge in [0.25, 0.3) is 0 Å². The predicted molar refractivity (Wildman–Crippen MR) is 70.2 cm³/mol. The van der Waals surface area contributed by atoms with E-state index in [4.69, 9.17) is 11.6 Å². The molecular formula is C13H14ClNS. The second-order valence-corrected chi connectivity index (χ2v) is 5.17. The number of thiophene rings is 1. The van der Waals surface area contributed by atoms with Gasteiger partial charge in [-0.1, -0.05) is 6.92 Å². The van der Waals surface area contributed by atoms with Crippen LogP contribution in [-0.4, -0.2) is 4.98 Å². The Kier molecular flexibility index (Phi) is 3.97. The van der Waals surface area contributed by atoms with E-state index in [0.717, 1.165) is 12.8 Å². The minimum absolute atomic E-state index is 0.0809. The Labute approximate surface area is 105 Å². The summed E-state index contributed by atoms with van der Waals surface area (Å²) in [5.74, 6) is 0. The predicted octanol–water partition coefficient (Wildman–Crippen LogP) is 4.23. The number of alkyl halides is 1. The molecule has 1 unspecified atom stereocenters. The first-order valence-corrected chi connectivity index (χ1v) is 6.72. The Morgan fingerprint density at radius 1 is 1.31 bits per heavy atom. The third-order valence-electron chi connectivity index (χ3n) is 2.61. The molecule has 0 radical (unpaired) electrons. The van der Waals surface area contributed by atoms with Crippen LogP contribution in [-0.2, 0) is 12.8 Å². The van der Waals surface area contributed by atoms with Gasteiger partial charge in [0.2, 0.25) is 0 Å². The van der Waals surface area contributed by atoms with Crippen LogP contribution in [0.1, 0.15) is 28.3 Å². The molecule has 16 heavy (non-hydrogen) atoms. The fourth-order valence-electron chi connectivity index (χ4n) is 1.73. The molecule has 2 heterocycles. The number of pyridine rings is 1. The van der Waals surface area contributed by atoms with Crippen LogP contribution >= 0.6 is 22.9 Å². The standard InChI is InChI=1S/C13H14ClNS/c1-2-11-5-8-16-13(11)12(14)9-10-3-6-15-7-4-10/h3-8,12H,2,9H2,1H3. The summed E-state index contributed by atoms with van der Waals surface area (Å²) >= 11 is 8.21. The minimum Gasteiger partial charge on any atom is -0.265 e. The van der Waals surface area contributed by atoms with E-state index in [2.05, 4.69) is 23.4 Å². The maximum absolute atomic E-state index is 6.46. The lowest BCUT2D eigenvalue weighted by atomic mass is 10.1. The van der Waals surface area contributed by atoms with Crippen LogP contribution < -0.4 is 0 Å². The molecule has 0 bridgehead atoms. The quantitative estimate of drug-likeness (QED) is 0.741. The Bertz CT molecular complexity index is 438. The van der Waals surface area contributed by atoms with Crippen molar-refractivity contribution < 1.29 is 0 Å². The number of hydrogen-bond donors (Lipinski definition) is 0. The van der Waals surface area contributed by atoms with Gasteiger partial charge in [-0.15, -0.1) is 22.9 Å². The molecule has 1 atom stereocenters. The summed E-state index contributed by atoms with van der Waals surface area (Å²) in [6, 6.07) is 6.21. The maximum atomic E-state index is 6.46. The van der Waals surface area contributed by atoms with E-state index < -0.39 is 0 Å². The van der Waals surface area contributed by atoms with Gasteiger partial charge in [-0.05, 0) is 47.5 Å². The van der Waals surface area contributed by atoms with Crippen molar-refractivity contribution >= 4 is 22.9 Å². The third-order valence-corrected chi connectivity index (χ3v) is 4.19. The van der Waals surface area contributed by atoms with Crippen molar-refractivity contribution in [2.75, 3.05) is 0 Å². The summed E-state index contributed by atoms with van der Waals surface area (Å²) in [7, 11) is 0. The Hall–Kier alpha value is -0.860. The Morgan fingerprint density at radius 2 is 2.06 bits per heavy atom. The summed E-state index contributed by atoms with van der Waals surface area (Å²) in [5, 5.41) is 2.20. The summed E-state index contributed by atoms with van der Waals surface area (Å²) in [4.78, 5) is 5.32. The normalized spacial score (nSPS) is 12.6. The SMILES string of the molecule is CCc1ccsc1C(Cl)Cc1ccncc1. The van der Waals surface area contributed by atoms with Gasteiger partial charge in [0.1, 0.15) is 0 Å². The van der Waals surface area contributed by atoms with Crippen LogP contribution in [0.2, 0.25) is 0 Å². The number of rotatable bonds is 4. The molecule has 0 aliphatic carbocycles. The molecule has 0 saturated heterocycles. The molecule has 0 spiro atoms. The van der Waals surface area contributed by atoms with Crippen LogP contribution in [0.3, 0.4) is 0 Å². The van der Waals surface area contributed by atoms with Gasteiger partial charge >= 0.3 is 0 Å². The highest BCUT2D eigenvalue weighted by atomic mass is 35.5. The fourth-order valence-corrected chi connectivity index (χ4v) is 3.18. The second-order valence-electron chi connectivity index (χ2n) is 3.69. The lowest BCUT2D eigenvalue weighted by Gasteiger charge is -2.09. The van der Waals surface area contributed by atoms with Gasteiger partial charge in [-0.25, -0.2) is 0 Å². The van der Waals surface area contributed by atoms with Gasteiger partial charge in [0, 0.05) is 17.3 Å². The molecule has 84 valence electrons. The van der Waals surface area contributed by atoms with Gasteiger partial charge in [0.15, 0.2) is 0 Å². The fraction of sp³-hybridized carbons (Fsp3) is 0.308. The van der Waals surface area contributed by atoms with E-state index in [-0.39, 0.29) is 5.38 Å². The van der Waals surface area contributed by atoms with E-state index in [0.29, 0.717) is 0 Å². The van der Waals surface area contributed by atoms with E-state index in [1.54, 1.807) is 11.3 Å². The number of hydrogen-bond acceptors (Lipinski definition) is 2. The molecular weight excluding hydrogens is 238 g/mol. The second kappa shape index (κ2) is 5.46. The maximum Gasteiger partial charge on any atom is 0.0721 e. The molecule has 0 aliphatic rings. The average molecular weight is 252 g/mol. The first kappa shape index (κ1) is 11.6. The Morgan fingerprint density at radius 3 is 2.75 bits per heavy atom. The van der Waals surface area contributed by atoms with Gasteiger partial charge in [0.05, 0.1) is 5.38 Å². The van der Waals surface area contributed by atoms with Crippen molar-refractivity contribution in [3.8, 4) is 0 Å². The lowest BCUT2D eigenvalue weighted by Crippen LogP contribution is -1.96. The number of halogens is 1. The molecule has 2 aromatic rings. The first-order valence-electron chi connectivity index (χ1n) is 5.40. The number of aryl methyl sites for hydroxylation is 1. The molecule has 0 N–H and O–H groups in total. The molecule has 2 aromatic heterocycles. The zero-order valence-electron chi connectivity index (χ0n) is 9.19. The van der Waals surface area contributed by atoms with Crippen LogP contribution in [0.15, 0.2) is 36.0 Å². The van der Waals surface area contributed by atoms with Gasteiger partial charge < -0.3 is 0 Å². The smallest absolute Gasteiger partial charge is 0.0721 e. The van der Waals surface area contributed by atoms with Crippen molar-refractivity contribution in [2.24, 2.45) is 0 Å². The molecule has 0 aliphatic heterocycles. The zero-order chi connectivity index (χ0) is 11.4. The number of nitrogens with zero attached hydrogens (tertiary/aromatic N) is 1. The van der Waals surface area contributed by atoms with Crippen molar-refractivity contribution in [3.63, 3.8) is 0 Å². The molecule has 0 saturated carbocycles. The zero-order valence-corrected chi connectivity index (χ0v) is 10.8. The molecule has 1 nitrogen and oxygen atoms in total. The lowest BCUT2D eigenvalue weighted by molar-refractivity contribution is 0.916. The van der Waals surface area contributed by atoms with Crippen LogP contribution in [0.5, 0.6) is 0 Å². The topological polar surface area (TPSA) is 12.9 Å². The Balaban J connectivity index is 2.11. The largest absolute Gasteiger partial charge is 0.265 e. The third kappa shape index (κ3) is 2.63. The summed E-state index contributed by atoms with van der Waals surface area (Å²) < 4.78 is 0. The first-order chi connectivity index (χ1) is 7.81. The monoisotopic (exact) mass is 251 g/mol. The molecule has 0 fully saturated rings. The van der Waals surface area contributed by atoms with Crippen molar-refractivity contribution in [1.29, 1.82) is 0 Å². The summed E-state index contributed by atoms with van der Waals surface area (Å²) in [5.41, 5.74) is 2.62. The highest BCUT2D eigenvalue weighted by molar-refractivity contribution is 7.10. The van der Waals surface area contributed by atoms with Crippen LogP contribution in [0.4, 0.5) is 0 Å². The average Bonchev–Trinajstić information content (AvgIpc) is 2.78. The van der Waals surface area contributed by atoms with Crippen molar-refractivity contribution in [3.05, 3.63) is 52.0 Å². The van der Waals surface area contributed by atoms with E-state index >= 15 is 0 Å². The van der Waals surface area contributed by atoms with E-state index in [1.807, 2.05) is 24.5 Å². The van der Waals surface area contributed by atoms with E-state index in [1.165, 1.54) is 16.0 Å². The van der Waals surface area contributed by atoms with Gasteiger partial charge in [-0.3, -0.25) is 4.98 Å². The molecule has 0 aromatic carbocycles. The molecule has 2 rings (SSSR count). The molecule has 3 heteroatoms. The summed E-state index contributed by atoms with van der Waals surface area (Å²) in [6.07, 6.45) is 5.55. The molecule has 0 amide bonds. The highest BCUT2D eigenvalue weighted by Crippen LogP contribution is 2.32. The van der Waals surface area contributed by atoms with Crippen LogP contribution in [0, 0.1) is 0 Å². The minimum atomic E-state index is 0.0809.